The van der Waals surface area contributed by atoms with E-state index in [1.54, 1.807) is 9.80 Å². The summed E-state index contributed by atoms with van der Waals surface area (Å²) in [6.45, 7) is 2.65. The molecule has 2 amide bonds. The molecule has 0 N–H and O–H groups in total. The van der Waals surface area contributed by atoms with Crippen LogP contribution in [-0.4, -0.2) is 55.8 Å². The number of benzene rings is 2. The van der Waals surface area contributed by atoms with E-state index in [9.17, 15) is 18.0 Å². The molecule has 2 unspecified atom stereocenters. The number of amides is 2. The van der Waals surface area contributed by atoms with Crippen molar-refractivity contribution < 1.29 is 18.0 Å². The first kappa shape index (κ1) is 18.9. The van der Waals surface area contributed by atoms with E-state index in [1.165, 1.54) is 0 Å². The summed E-state index contributed by atoms with van der Waals surface area (Å²) in [6.07, 6.45) is 0.646. The van der Waals surface area contributed by atoms with Crippen LogP contribution in [0.2, 0.25) is 0 Å². The Kier molecular flexibility index (Phi) is 4.87. The van der Waals surface area contributed by atoms with Crippen LogP contribution in [0, 0.1) is 5.92 Å². The topological polar surface area (TPSA) is 74.8 Å². The number of hydrogen-bond acceptors (Lipinski definition) is 4. The fraction of sp³-hybridized carbons (Fsp3) is 0.429. The van der Waals surface area contributed by atoms with Gasteiger partial charge in [0.1, 0.15) is 0 Å². The van der Waals surface area contributed by atoms with Crippen LogP contribution in [0.4, 0.5) is 5.69 Å². The number of sulfone groups is 1. The van der Waals surface area contributed by atoms with Gasteiger partial charge in [0.2, 0.25) is 11.8 Å². The van der Waals surface area contributed by atoms with E-state index in [1.807, 2.05) is 49.4 Å². The molecule has 2 aliphatic heterocycles. The maximum absolute atomic E-state index is 13.1. The largest absolute Gasteiger partial charge is 0.339 e. The zero-order valence-electron chi connectivity index (χ0n) is 15.9. The molecule has 0 radical (unpaired) electrons. The van der Waals surface area contributed by atoms with E-state index in [0.29, 0.717) is 19.5 Å². The molecule has 0 aliphatic carbocycles. The van der Waals surface area contributed by atoms with Gasteiger partial charge in [-0.15, -0.1) is 0 Å². The summed E-state index contributed by atoms with van der Waals surface area (Å²) in [7, 11) is -3.07. The van der Waals surface area contributed by atoms with Crippen molar-refractivity contribution in [1.82, 2.24) is 4.90 Å². The Labute approximate surface area is 165 Å². The van der Waals surface area contributed by atoms with Gasteiger partial charge >= 0.3 is 0 Å². The van der Waals surface area contributed by atoms with Gasteiger partial charge in [-0.25, -0.2) is 8.42 Å². The summed E-state index contributed by atoms with van der Waals surface area (Å²) in [6, 6.07) is 13.4. The molecule has 2 fully saturated rings. The Morgan fingerprint density at radius 2 is 1.93 bits per heavy atom. The Morgan fingerprint density at radius 3 is 2.64 bits per heavy atom. The van der Waals surface area contributed by atoms with E-state index in [0.717, 1.165) is 16.5 Å². The fourth-order valence-corrected chi connectivity index (χ4v) is 6.13. The molecule has 2 aromatic rings. The molecule has 4 rings (SSSR count). The highest BCUT2D eigenvalue weighted by Crippen LogP contribution is 2.33. The predicted octanol–water partition coefficient (Wildman–Crippen LogP) is 2.23. The van der Waals surface area contributed by atoms with Gasteiger partial charge in [0, 0.05) is 30.9 Å². The van der Waals surface area contributed by atoms with Crippen molar-refractivity contribution in [3.63, 3.8) is 0 Å². The van der Waals surface area contributed by atoms with Crippen molar-refractivity contribution in [2.75, 3.05) is 29.5 Å². The van der Waals surface area contributed by atoms with Crippen LogP contribution >= 0.6 is 0 Å². The number of rotatable bonds is 4. The smallest absolute Gasteiger partial charge is 0.228 e. The van der Waals surface area contributed by atoms with E-state index in [-0.39, 0.29) is 35.8 Å². The molecule has 0 bridgehead atoms. The maximum atomic E-state index is 13.1. The van der Waals surface area contributed by atoms with Crippen LogP contribution in [0.5, 0.6) is 0 Å². The van der Waals surface area contributed by atoms with Crippen LogP contribution in [0.1, 0.15) is 19.8 Å². The van der Waals surface area contributed by atoms with Crippen LogP contribution < -0.4 is 4.90 Å². The first-order chi connectivity index (χ1) is 13.4. The molecule has 6 nitrogen and oxygen atoms in total. The Hall–Kier alpha value is -2.41. The maximum Gasteiger partial charge on any atom is 0.228 e. The summed E-state index contributed by atoms with van der Waals surface area (Å²) in [5, 5.41) is 2.04. The van der Waals surface area contributed by atoms with Crippen LogP contribution in [-0.2, 0) is 19.4 Å². The van der Waals surface area contributed by atoms with Crippen LogP contribution in [0.25, 0.3) is 10.8 Å². The highest BCUT2D eigenvalue weighted by atomic mass is 32.2. The first-order valence-corrected chi connectivity index (χ1v) is 11.5. The zero-order valence-corrected chi connectivity index (χ0v) is 16.7. The van der Waals surface area contributed by atoms with Crippen molar-refractivity contribution in [2.24, 2.45) is 5.92 Å². The standard InChI is InChI=1S/C21H24N2O4S/c1-2-22(17-10-11-28(26,27)14-17)21(25)16-12-20(24)23(13-16)19-9-5-7-15-6-3-4-8-18(15)19/h3-9,16-17H,2,10-14H2,1H3. The monoisotopic (exact) mass is 400 g/mol. The average molecular weight is 401 g/mol. The van der Waals surface area contributed by atoms with E-state index in [2.05, 4.69) is 0 Å². The molecule has 2 aromatic carbocycles. The molecule has 148 valence electrons. The Morgan fingerprint density at radius 1 is 1.18 bits per heavy atom. The van der Waals surface area contributed by atoms with E-state index >= 15 is 0 Å². The first-order valence-electron chi connectivity index (χ1n) is 9.68. The van der Waals surface area contributed by atoms with E-state index < -0.39 is 15.8 Å². The van der Waals surface area contributed by atoms with Gasteiger partial charge < -0.3 is 9.80 Å². The van der Waals surface area contributed by atoms with Crippen molar-refractivity contribution in [3.8, 4) is 0 Å². The third-order valence-corrected chi connectivity index (χ3v) is 7.55. The predicted molar refractivity (Wildman–Crippen MR) is 109 cm³/mol. The van der Waals surface area contributed by atoms with Gasteiger partial charge in [-0.3, -0.25) is 9.59 Å². The molecule has 0 aromatic heterocycles. The SMILES string of the molecule is CCN(C(=O)C1CC(=O)N(c2cccc3ccccc23)C1)C1CCS(=O)(=O)C1. The summed E-state index contributed by atoms with van der Waals surface area (Å²) in [5.74, 6) is -0.451. The molecular weight excluding hydrogens is 376 g/mol. The molecule has 2 aliphatic rings. The number of nitrogens with zero attached hydrogens (tertiary/aromatic N) is 2. The summed E-state index contributed by atoms with van der Waals surface area (Å²) >= 11 is 0. The summed E-state index contributed by atoms with van der Waals surface area (Å²) in [5.41, 5.74) is 0.824. The minimum atomic E-state index is -3.07. The third-order valence-electron chi connectivity index (χ3n) is 5.80. The van der Waals surface area contributed by atoms with Gasteiger partial charge in [-0.05, 0) is 24.8 Å². The lowest BCUT2D eigenvalue weighted by molar-refractivity contribution is -0.137. The molecule has 0 saturated carbocycles. The van der Waals surface area contributed by atoms with Gasteiger partial charge in [0.05, 0.1) is 23.1 Å². The molecular formula is C21H24N2O4S. The van der Waals surface area contributed by atoms with Crippen LogP contribution in [0.3, 0.4) is 0 Å². The third kappa shape index (κ3) is 3.39. The normalized spacial score (nSPS) is 24.0. The quantitative estimate of drug-likeness (QED) is 0.789. The zero-order chi connectivity index (χ0) is 19.9. The number of fused-ring (bicyclic) bond motifs is 1. The Balaban J connectivity index is 1.56. The minimum absolute atomic E-state index is 0.0281. The van der Waals surface area contributed by atoms with Crippen molar-refractivity contribution in [3.05, 3.63) is 42.5 Å². The highest BCUT2D eigenvalue weighted by molar-refractivity contribution is 7.91. The molecule has 0 spiro atoms. The second-order valence-electron chi connectivity index (χ2n) is 7.58. The summed E-state index contributed by atoms with van der Waals surface area (Å²) < 4.78 is 23.6. The minimum Gasteiger partial charge on any atom is -0.339 e. The van der Waals surface area contributed by atoms with Crippen molar-refractivity contribution in [2.45, 2.75) is 25.8 Å². The van der Waals surface area contributed by atoms with Gasteiger partial charge in [-0.1, -0.05) is 36.4 Å². The van der Waals surface area contributed by atoms with Crippen molar-refractivity contribution >= 4 is 38.1 Å². The summed E-state index contributed by atoms with van der Waals surface area (Å²) in [4.78, 5) is 29.2. The molecule has 2 heterocycles. The molecule has 2 saturated heterocycles. The molecule has 2 atom stereocenters. The lowest BCUT2D eigenvalue weighted by atomic mass is 10.1. The highest BCUT2D eigenvalue weighted by Gasteiger charge is 2.41. The second-order valence-corrected chi connectivity index (χ2v) is 9.81. The lowest BCUT2D eigenvalue weighted by Crippen LogP contribution is -2.44. The molecule has 28 heavy (non-hydrogen) atoms. The van der Waals surface area contributed by atoms with Gasteiger partial charge in [0.15, 0.2) is 9.84 Å². The number of carbonyl (C=O) groups is 2. The average Bonchev–Trinajstić information content (AvgIpc) is 3.24. The Bertz CT molecular complexity index is 1030. The second kappa shape index (κ2) is 7.20. The molecule has 7 heteroatoms. The number of anilines is 1. The van der Waals surface area contributed by atoms with Crippen molar-refractivity contribution in [1.29, 1.82) is 0 Å². The van der Waals surface area contributed by atoms with E-state index in [4.69, 9.17) is 0 Å². The van der Waals surface area contributed by atoms with Gasteiger partial charge in [-0.2, -0.15) is 0 Å². The fourth-order valence-electron chi connectivity index (χ4n) is 4.40. The van der Waals surface area contributed by atoms with Crippen LogP contribution in [0.15, 0.2) is 42.5 Å². The number of carbonyl (C=O) groups excluding carboxylic acids is 2. The number of hydrogen-bond donors (Lipinski definition) is 0. The lowest BCUT2D eigenvalue weighted by Gasteiger charge is -2.29. The van der Waals surface area contributed by atoms with Gasteiger partial charge in [0.25, 0.3) is 0 Å².